The molecule has 2 aromatic carbocycles. The zero-order valence-electron chi connectivity index (χ0n) is 15.5. The Balaban J connectivity index is 1.68. The average molecular weight is 435 g/mol. The van der Waals surface area contributed by atoms with Crippen molar-refractivity contribution in [1.82, 2.24) is 20.8 Å². The van der Waals surface area contributed by atoms with Crippen molar-refractivity contribution in [2.24, 2.45) is 0 Å². The smallest absolute Gasteiger partial charge is 0.272 e. The molecule has 0 aliphatic rings. The van der Waals surface area contributed by atoms with E-state index in [4.69, 9.17) is 23.8 Å². The average Bonchev–Trinajstić information content (AvgIpc) is 2.77. The number of benzene rings is 2. The summed E-state index contributed by atoms with van der Waals surface area (Å²) in [4.78, 5) is 32.7. The number of hydrogen-bond acceptors (Lipinski definition) is 4. The highest BCUT2D eigenvalue weighted by atomic mass is 35.5. The van der Waals surface area contributed by atoms with Crippen LogP contribution in [0.2, 0.25) is 5.02 Å². The number of hydrogen-bond donors (Lipinski definition) is 3. The molecular formula is C22H15ClN4O2S. The molecule has 148 valence electrons. The van der Waals surface area contributed by atoms with Crippen LogP contribution in [0.4, 0.5) is 0 Å². The van der Waals surface area contributed by atoms with Crippen LogP contribution >= 0.6 is 23.8 Å². The number of halogens is 1. The highest BCUT2D eigenvalue weighted by Gasteiger charge is 2.16. The molecule has 2 aromatic heterocycles. The van der Waals surface area contributed by atoms with Crippen molar-refractivity contribution in [3.05, 3.63) is 93.7 Å². The molecule has 0 unspecified atom stereocenters. The van der Waals surface area contributed by atoms with Gasteiger partial charge in [-0.05, 0) is 30.3 Å². The van der Waals surface area contributed by atoms with Gasteiger partial charge < -0.3 is 4.98 Å². The number of para-hydroxylation sites is 1. The second-order valence-corrected chi connectivity index (χ2v) is 7.19. The lowest BCUT2D eigenvalue weighted by atomic mass is 10.0. The lowest BCUT2D eigenvalue weighted by Gasteiger charge is -2.12. The van der Waals surface area contributed by atoms with E-state index in [9.17, 15) is 9.59 Å². The summed E-state index contributed by atoms with van der Waals surface area (Å²) in [6.45, 7) is 0. The number of hydrazine groups is 1. The van der Waals surface area contributed by atoms with Gasteiger partial charge in [-0.25, -0.2) is 4.98 Å². The number of nitrogens with zero attached hydrogens (tertiary/aromatic N) is 1. The fraction of sp³-hybridized carbons (Fsp3) is 0. The molecule has 0 saturated carbocycles. The summed E-state index contributed by atoms with van der Waals surface area (Å²) >= 11 is 11.4. The third-order valence-corrected chi connectivity index (χ3v) is 5.13. The number of fused-ring (bicyclic) bond motifs is 1. The molecule has 0 spiro atoms. The Morgan fingerprint density at radius 1 is 0.900 bits per heavy atom. The van der Waals surface area contributed by atoms with Gasteiger partial charge in [-0.2, -0.15) is 0 Å². The molecule has 30 heavy (non-hydrogen) atoms. The molecule has 0 radical (unpaired) electrons. The first-order valence-electron chi connectivity index (χ1n) is 8.97. The standard InChI is InChI=1S/C22H15ClN4O2S/c23-17-9-3-1-7-14(17)19-12-16(13-6-2-4-10-18(13)25-19)21(29)27-26-20(28)15-8-5-11-24-22(15)30/h1-12H,(H,24,30)(H,26,28)(H,27,29). The summed E-state index contributed by atoms with van der Waals surface area (Å²) in [5, 5.41) is 1.18. The molecule has 0 saturated heterocycles. The van der Waals surface area contributed by atoms with Gasteiger partial charge in [0.2, 0.25) is 0 Å². The zero-order valence-corrected chi connectivity index (χ0v) is 17.1. The van der Waals surface area contributed by atoms with E-state index in [2.05, 4.69) is 20.8 Å². The number of pyridine rings is 2. The van der Waals surface area contributed by atoms with Gasteiger partial charge in [0.05, 0.1) is 22.3 Å². The summed E-state index contributed by atoms with van der Waals surface area (Å²) in [5.41, 5.74) is 7.36. The molecule has 2 amide bonds. The van der Waals surface area contributed by atoms with E-state index < -0.39 is 11.8 Å². The van der Waals surface area contributed by atoms with E-state index in [1.54, 1.807) is 36.5 Å². The lowest BCUT2D eigenvalue weighted by Crippen LogP contribution is -2.41. The number of carbonyl (C=O) groups is 2. The highest BCUT2D eigenvalue weighted by molar-refractivity contribution is 7.71. The van der Waals surface area contributed by atoms with Gasteiger partial charge in [0, 0.05) is 22.2 Å². The van der Waals surface area contributed by atoms with Crippen molar-refractivity contribution in [2.75, 3.05) is 0 Å². The normalized spacial score (nSPS) is 10.6. The third kappa shape index (κ3) is 3.94. The molecule has 0 atom stereocenters. The molecule has 0 aliphatic carbocycles. The maximum absolute atomic E-state index is 12.9. The minimum absolute atomic E-state index is 0.254. The maximum atomic E-state index is 12.9. The molecule has 6 nitrogen and oxygen atoms in total. The van der Waals surface area contributed by atoms with E-state index >= 15 is 0 Å². The van der Waals surface area contributed by atoms with Gasteiger partial charge in [0.15, 0.2) is 0 Å². The van der Waals surface area contributed by atoms with Gasteiger partial charge in [0.25, 0.3) is 11.8 Å². The Hall–Kier alpha value is -3.55. The SMILES string of the molecule is O=C(NNC(=O)c1cc(-c2ccccc2Cl)nc2ccccc12)c1ccc[nH]c1=S. The molecular weight excluding hydrogens is 420 g/mol. The minimum Gasteiger partial charge on any atom is -0.352 e. The van der Waals surface area contributed by atoms with E-state index in [1.165, 1.54) is 0 Å². The summed E-state index contributed by atoms with van der Waals surface area (Å²) in [6.07, 6.45) is 1.62. The van der Waals surface area contributed by atoms with Gasteiger partial charge in [-0.1, -0.05) is 60.2 Å². The number of H-pyrrole nitrogens is 1. The fourth-order valence-corrected chi connectivity index (χ4v) is 3.48. The molecule has 4 rings (SSSR count). The molecule has 0 aliphatic heterocycles. The summed E-state index contributed by atoms with van der Waals surface area (Å²) in [6, 6.07) is 19.4. The highest BCUT2D eigenvalue weighted by Crippen LogP contribution is 2.29. The topological polar surface area (TPSA) is 86.9 Å². The van der Waals surface area contributed by atoms with Crippen LogP contribution in [-0.2, 0) is 0 Å². The Labute approximate surface area is 181 Å². The van der Waals surface area contributed by atoms with E-state index in [0.29, 0.717) is 32.7 Å². The van der Waals surface area contributed by atoms with Crippen LogP contribution < -0.4 is 10.9 Å². The minimum atomic E-state index is -0.519. The van der Waals surface area contributed by atoms with Crippen LogP contribution in [0.1, 0.15) is 20.7 Å². The molecule has 2 heterocycles. The summed E-state index contributed by atoms with van der Waals surface area (Å²) < 4.78 is 0.277. The van der Waals surface area contributed by atoms with Crippen LogP contribution in [0.25, 0.3) is 22.2 Å². The Kier molecular flexibility index (Phi) is 5.56. The Morgan fingerprint density at radius 2 is 1.60 bits per heavy atom. The number of aromatic nitrogens is 2. The Morgan fingerprint density at radius 3 is 2.37 bits per heavy atom. The number of aromatic amines is 1. The third-order valence-electron chi connectivity index (χ3n) is 4.46. The van der Waals surface area contributed by atoms with Crippen LogP contribution in [0.5, 0.6) is 0 Å². The van der Waals surface area contributed by atoms with E-state index in [-0.39, 0.29) is 10.2 Å². The van der Waals surface area contributed by atoms with E-state index in [1.807, 2.05) is 36.4 Å². The van der Waals surface area contributed by atoms with Crippen molar-refractivity contribution in [3.63, 3.8) is 0 Å². The van der Waals surface area contributed by atoms with Crippen molar-refractivity contribution < 1.29 is 9.59 Å². The number of carbonyl (C=O) groups excluding carboxylic acids is 2. The lowest BCUT2D eigenvalue weighted by molar-refractivity contribution is 0.0847. The number of nitrogens with one attached hydrogen (secondary N) is 3. The first-order valence-corrected chi connectivity index (χ1v) is 9.76. The van der Waals surface area contributed by atoms with Crippen molar-refractivity contribution in [2.45, 2.75) is 0 Å². The van der Waals surface area contributed by atoms with Crippen molar-refractivity contribution >= 4 is 46.5 Å². The number of rotatable bonds is 3. The second-order valence-electron chi connectivity index (χ2n) is 6.37. The first kappa shape index (κ1) is 19.8. The van der Waals surface area contributed by atoms with Crippen LogP contribution in [0.3, 0.4) is 0 Å². The fourth-order valence-electron chi connectivity index (χ4n) is 3.02. The van der Waals surface area contributed by atoms with Gasteiger partial charge in [-0.3, -0.25) is 20.4 Å². The van der Waals surface area contributed by atoms with E-state index in [0.717, 1.165) is 0 Å². The van der Waals surface area contributed by atoms with Gasteiger partial charge in [-0.15, -0.1) is 0 Å². The molecule has 0 fully saturated rings. The largest absolute Gasteiger partial charge is 0.352 e. The van der Waals surface area contributed by atoms with Crippen LogP contribution in [0, 0.1) is 4.64 Å². The molecule has 4 aromatic rings. The maximum Gasteiger partial charge on any atom is 0.272 e. The molecule has 8 heteroatoms. The first-order chi connectivity index (χ1) is 14.5. The summed E-state index contributed by atoms with van der Waals surface area (Å²) in [7, 11) is 0. The number of amides is 2. The predicted molar refractivity (Wildman–Crippen MR) is 119 cm³/mol. The van der Waals surface area contributed by atoms with Gasteiger partial charge >= 0.3 is 0 Å². The van der Waals surface area contributed by atoms with Crippen LogP contribution in [-0.4, -0.2) is 21.8 Å². The van der Waals surface area contributed by atoms with Crippen molar-refractivity contribution in [3.8, 4) is 11.3 Å². The molecule has 3 N–H and O–H groups in total. The molecule has 0 bridgehead atoms. The van der Waals surface area contributed by atoms with Gasteiger partial charge in [0.1, 0.15) is 4.64 Å². The monoisotopic (exact) mass is 434 g/mol. The van der Waals surface area contributed by atoms with Crippen molar-refractivity contribution in [1.29, 1.82) is 0 Å². The zero-order chi connectivity index (χ0) is 21.1. The predicted octanol–water partition coefficient (Wildman–Crippen LogP) is 4.69. The quantitative estimate of drug-likeness (QED) is 0.322. The van der Waals surface area contributed by atoms with Crippen LogP contribution in [0.15, 0.2) is 72.9 Å². The second kappa shape index (κ2) is 8.44. The summed E-state index contributed by atoms with van der Waals surface area (Å²) in [5.74, 6) is -1.00. The Bertz CT molecular complexity index is 1340.